The second-order valence-corrected chi connectivity index (χ2v) is 5.89. The fourth-order valence-corrected chi connectivity index (χ4v) is 3.24. The van der Waals surface area contributed by atoms with Crippen LogP contribution in [-0.2, 0) is 11.3 Å². The van der Waals surface area contributed by atoms with Crippen LogP contribution in [0.3, 0.4) is 0 Å². The molecule has 2 heterocycles. The number of ether oxygens (including phenoxy) is 1. The Hall–Kier alpha value is -0.970. The third-order valence-corrected chi connectivity index (χ3v) is 4.40. The summed E-state index contributed by atoms with van der Waals surface area (Å²) in [4.78, 5) is 4.61. The number of aromatic nitrogens is 1. The third kappa shape index (κ3) is 2.88. The molecule has 1 saturated heterocycles. The number of thiazole rings is 1. The Morgan fingerprint density at radius 2 is 2.33 bits per heavy atom. The first kappa shape index (κ1) is 12.1. The molecule has 1 aromatic carbocycles. The van der Waals surface area contributed by atoms with Gasteiger partial charge in [-0.2, -0.15) is 0 Å². The van der Waals surface area contributed by atoms with E-state index in [1.165, 1.54) is 22.5 Å². The fraction of sp³-hybridized carbons (Fsp3) is 0.500. The molecule has 3 rings (SSSR count). The van der Waals surface area contributed by atoms with Crippen molar-refractivity contribution in [3.63, 3.8) is 0 Å². The minimum Gasteiger partial charge on any atom is -0.381 e. The Kier molecular flexibility index (Phi) is 3.88. The summed E-state index contributed by atoms with van der Waals surface area (Å²) in [5.41, 5.74) is 1.11. The smallest absolute Gasteiger partial charge is 0.108 e. The lowest BCUT2D eigenvalue weighted by Crippen LogP contribution is -2.17. The van der Waals surface area contributed by atoms with E-state index in [1.54, 1.807) is 11.3 Å². The average molecular weight is 262 g/mol. The molecule has 1 unspecified atom stereocenters. The SMILES string of the molecule is c1ccc2sc(CNCCC3CCOC3)nc2c1. The lowest BCUT2D eigenvalue weighted by Gasteiger charge is -2.07. The number of fused-ring (bicyclic) bond motifs is 1. The Balaban J connectivity index is 1.47. The molecule has 1 atom stereocenters. The zero-order chi connectivity index (χ0) is 12.2. The van der Waals surface area contributed by atoms with Gasteiger partial charge in [-0.15, -0.1) is 11.3 Å². The highest BCUT2D eigenvalue weighted by molar-refractivity contribution is 7.18. The number of hydrogen-bond donors (Lipinski definition) is 1. The van der Waals surface area contributed by atoms with E-state index in [0.717, 1.165) is 37.7 Å². The highest BCUT2D eigenvalue weighted by atomic mass is 32.1. The number of nitrogens with zero attached hydrogens (tertiary/aromatic N) is 1. The predicted octanol–water partition coefficient (Wildman–Crippen LogP) is 2.81. The first-order valence-electron chi connectivity index (χ1n) is 6.55. The van der Waals surface area contributed by atoms with Gasteiger partial charge in [-0.3, -0.25) is 0 Å². The van der Waals surface area contributed by atoms with Crippen LogP contribution in [0.15, 0.2) is 24.3 Å². The topological polar surface area (TPSA) is 34.1 Å². The number of nitrogens with one attached hydrogen (secondary N) is 1. The van der Waals surface area contributed by atoms with Crippen LogP contribution in [0.2, 0.25) is 0 Å². The van der Waals surface area contributed by atoms with Crippen LogP contribution in [0.1, 0.15) is 17.8 Å². The minimum absolute atomic E-state index is 0.757. The molecule has 2 aromatic rings. The summed E-state index contributed by atoms with van der Waals surface area (Å²) in [6.07, 6.45) is 2.44. The Bertz CT molecular complexity index is 472. The van der Waals surface area contributed by atoms with Gasteiger partial charge >= 0.3 is 0 Å². The first-order chi connectivity index (χ1) is 8.92. The molecule has 1 fully saturated rings. The highest BCUT2D eigenvalue weighted by Gasteiger charge is 2.14. The summed E-state index contributed by atoms with van der Waals surface area (Å²) < 4.78 is 6.65. The van der Waals surface area contributed by atoms with Gasteiger partial charge in [-0.1, -0.05) is 12.1 Å². The van der Waals surface area contributed by atoms with Gasteiger partial charge in [0.1, 0.15) is 5.01 Å². The quantitative estimate of drug-likeness (QED) is 0.841. The molecule has 0 radical (unpaired) electrons. The van der Waals surface area contributed by atoms with Gasteiger partial charge in [0.2, 0.25) is 0 Å². The average Bonchev–Trinajstić information content (AvgIpc) is 3.03. The van der Waals surface area contributed by atoms with E-state index >= 15 is 0 Å². The third-order valence-electron chi connectivity index (χ3n) is 3.37. The van der Waals surface area contributed by atoms with E-state index < -0.39 is 0 Å². The molecule has 4 heteroatoms. The fourth-order valence-electron chi connectivity index (χ4n) is 2.31. The van der Waals surface area contributed by atoms with Crippen LogP contribution < -0.4 is 5.32 Å². The Labute approximate surface area is 111 Å². The van der Waals surface area contributed by atoms with Crippen molar-refractivity contribution in [2.75, 3.05) is 19.8 Å². The molecule has 96 valence electrons. The number of rotatable bonds is 5. The molecule has 0 bridgehead atoms. The van der Waals surface area contributed by atoms with E-state index in [4.69, 9.17) is 4.74 Å². The summed E-state index contributed by atoms with van der Waals surface area (Å²) in [6, 6.07) is 8.31. The summed E-state index contributed by atoms with van der Waals surface area (Å²) >= 11 is 1.78. The standard InChI is InChI=1S/C14H18N2OS/c1-2-4-13-12(3-1)16-14(18-13)9-15-7-5-11-6-8-17-10-11/h1-4,11,15H,5-10H2. The first-order valence-corrected chi connectivity index (χ1v) is 7.36. The summed E-state index contributed by atoms with van der Waals surface area (Å²) in [7, 11) is 0. The van der Waals surface area contributed by atoms with Crippen molar-refractivity contribution in [1.82, 2.24) is 10.3 Å². The van der Waals surface area contributed by atoms with E-state index in [0.29, 0.717) is 0 Å². The van der Waals surface area contributed by atoms with Gasteiger partial charge in [0.05, 0.1) is 10.2 Å². The van der Waals surface area contributed by atoms with Crippen LogP contribution in [-0.4, -0.2) is 24.7 Å². The minimum atomic E-state index is 0.757. The van der Waals surface area contributed by atoms with Crippen molar-refractivity contribution in [2.45, 2.75) is 19.4 Å². The summed E-state index contributed by atoms with van der Waals surface area (Å²) in [5.74, 6) is 0.757. The molecule has 1 aliphatic rings. The molecule has 1 aromatic heterocycles. The van der Waals surface area contributed by atoms with Gasteiger partial charge in [0.25, 0.3) is 0 Å². The van der Waals surface area contributed by atoms with E-state index in [-0.39, 0.29) is 0 Å². The number of hydrogen-bond acceptors (Lipinski definition) is 4. The zero-order valence-electron chi connectivity index (χ0n) is 10.4. The van der Waals surface area contributed by atoms with Crippen LogP contribution in [0.25, 0.3) is 10.2 Å². The van der Waals surface area contributed by atoms with Crippen LogP contribution in [0.5, 0.6) is 0 Å². The van der Waals surface area contributed by atoms with Crippen molar-refractivity contribution in [3.8, 4) is 0 Å². The van der Waals surface area contributed by atoms with E-state index in [1.807, 2.05) is 6.07 Å². The van der Waals surface area contributed by atoms with Crippen LogP contribution in [0, 0.1) is 5.92 Å². The molecule has 0 aliphatic carbocycles. The van der Waals surface area contributed by atoms with Crippen molar-refractivity contribution in [2.24, 2.45) is 5.92 Å². The Morgan fingerprint density at radius 3 is 3.17 bits per heavy atom. The molecule has 1 N–H and O–H groups in total. The molecule has 0 saturated carbocycles. The zero-order valence-corrected chi connectivity index (χ0v) is 11.2. The molecule has 0 amide bonds. The highest BCUT2D eigenvalue weighted by Crippen LogP contribution is 2.21. The van der Waals surface area contributed by atoms with E-state index in [2.05, 4.69) is 28.5 Å². The maximum atomic E-state index is 5.37. The maximum Gasteiger partial charge on any atom is 0.108 e. The second-order valence-electron chi connectivity index (χ2n) is 4.77. The van der Waals surface area contributed by atoms with E-state index in [9.17, 15) is 0 Å². The summed E-state index contributed by atoms with van der Waals surface area (Å²) in [5, 5.41) is 4.66. The van der Waals surface area contributed by atoms with Gasteiger partial charge < -0.3 is 10.1 Å². The number of benzene rings is 1. The molecule has 0 spiro atoms. The predicted molar refractivity (Wildman–Crippen MR) is 74.9 cm³/mol. The molecule has 1 aliphatic heterocycles. The van der Waals surface area contributed by atoms with Crippen molar-refractivity contribution < 1.29 is 4.74 Å². The Morgan fingerprint density at radius 1 is 1.39 bits per heavy atom. The van der Waals surface area contributed by atoms with Crippen molar-refractivity contribution in [1.29, 1.82) is 0 Å². The lowest BCUT2D eigenvalue weighted by atomic mass is 10.1. The normalized spacial score (nSPS) is 19.7. The van der Waals surface area contributed by atoms with Gasteiger partial charge in [0, 0.05) is 19.8 Å². The molecule has 18 heavy (non-hydrogen) atoms. The number of para-hydroxylation sites is 1. The van der Waals surface area contributed by atoms with Crippen molar-refractivity contribution >= 4 is 21.6 Å². The van der Waals surface area contributed by atoms with Crippen LogP contribution >= 0.6 is 11.3 Å². The monoisotopic (exact) mass is 262 g/mol. The molecular weight excluding hydrogens is 244 g/mol. The van der Waals surface area contributed by atoms with Gasteiger partial charge in [0.15, 0.2) is 0 Å². The van der Waals surface area contributed by atoms with Crippen LogP contribution in [0.4, 0.5) is 0 Å². The summed E-state index contributed by atoms with van der Waals surface area (Å²) in [6.45, 7) is 3.84. The second kappa shape index (κ2) is 5.78. The lowest BCUT2D eigenvalue weighted by molar-refractivity contribution is 0.184. The molecule has 3 nitrogen and oxygen atoms in total. The largest absolute Gasteiger partial charge is 0.381 e. The molecular formula is C14H18N2OS. The van der Waals surface area contributed by atoms with Crippen molar-refractivity contribution in [3.05, 3.63) is 29.3 Å². The van der Waals surface area contributed by atoms with Gasteiger partial charge in [-0.25, -0.2) is 4.98 Å². The maximum absolute atomic E-state index is 5.37. The van der Waals surface area contributed by atoms with Gasteiger partial charge in [-0.05, 0) is 37.4 Å².